The van der Waals surface area contributed by atoms with Crippen molar-refractivity contribution in [2.45, 2.75) is 4.90 Å². The summed E-state index contributed by atoms with van der Waals surface area (Å²) in [5.74, 6) is -0.413. The van der Waals surface area contributed by atoms with Gasteiger partial charge in [-0.3, -0.25) is 4.79 Å². The van der Waals surface area contributed by atoms with E-state index in [1.54, 1.807) is 0 Å². The summed E-state index contributed by atoms with van der Waals surface area (Å²) in [6, 6.07) is 4.26. The van der Waals surface area contributed by atoms with Crippen molar-refractivity contribution in [2.24, 2.45) is 0 Å². The number of amides is 1. The maximum Gasteiger partial charge on any atom is 0.247 e. The molecule has 0 aliphatic carbocycles. The van der Waals surface area contributed by atoms with Crippen LogP contribution in [0.3, 0.4) is 0 Å². The van der Waals surface area contributed by atoms with Crippen LogP contribution in [0.5, 0.6) is 0 Å². The molecule has 16 heavy (non-hydrogen) atoms. The van der Waals surface area contributed by atoms with E-state index in [0.29, 0.717) is 5.69 Å². The fourth-order valence-electron chi connectivity index (χ4n) is 1.13. The predicted molar refractivity (Wildman–Crippen MR) is 62.8 cm³/mol. The molecular formula is C10H12N2O3S. The molecular weight excluding hydrogens is 228 g/mol. The van der Waals surface area contributed by atoms with Gasteiger partial charge in [0, 0.05) is 11.9 Å². The van der Waals surface area contributed by atoms with Crippen LogP contribution in [0.2, 0.25) is 0 Å². The Morgan fingerprint density at radius 3 is 2.62 bits per heavy atom. The van der Waals surface area contributed by atoms with Gasteiger partial charge in [0.1, 0.15) is 0 Å². The monoisotopic (exact) mass is 240 g/mol. The third-order valence-electron chi connectivity index (χ3n) is 1.87. The highest BCUT2D eigenvalue weighted by atomic mass is 32.2. The van der Waals surface area contributed by atoms with Crippen molar-refractivity contribution in [3.8, 4) is 0 Å². The summed E-state index contributed by atoms with van der Waals surface area (Å²) in [6.07, 6.45) is 2.15. The fourth-order valence-corrected chi connectivity index (χ4v) is 1.96. The highest BCUT2D eigenvalue weighted by Gasteiger charge is 2.12. The summed E-state index contributed by atoms with van der Waals surface area (Å²) in [5, 5.41) is 2.45. The molecule has 0 unspecified atom stereocenters. The number of anilines is 2. The third kappa shape index (κ3) is 2.83. The molecule has 0 radical (unpaired) electrons. The molecule has 3 N–H and O–H groups in total. The number of nitrogen functional groups attached to an aromatic ring is 1. The Labute approximate surface area is 93.9 Å². The van der Waals surface area contributed by atoms with Crippen LogP contribution < -0.4 is 11.1 Å². The largest absolute Gasteiger partial charge is 0.398 e. The highest BCUT2D eigenvalue weighted by Crippen LogP contribution is 2.22. The molecule has 0 aromatic heterocycles. The second-order valence-corrected chi connectivity index (χ2v) is 5.20. The Kier molecular flexibility index (Phi) is 3.34. The molecule has 0 heterocycles. The zero-order chi connectivity index (χ0) is 12.3. The first kappa shape index (κ1) is 12.3. The van der Waals surface area contributed by atoms with Crippen LogP contribution in [0, 0.1) is 0 Å². The molecule has 0 bridgehead atoms. The summed E-state index contributed by atoms with van der Waals surface area (Å²) in [7, 11) is -3.40. The SMILES string of the molecule is C=CC(=O)Nc1ccc(N)c(S(C)(=O)=O)c1. The molecule has 1 amide bonds. The van der Waals surface area contributed by atoms with E-state index in [9.17, 15) is 13.2 Å². The van der Waals surface area contributed by atoms with Gasteiger partial charge < -0.3 is 11.1 Å². The van der Waals surface area contributed by atoms with Gasteiger partial charge in [0.2, 0.25) is 5.91 Å². The van der Waals surface area contributed by atoms with Crippen LogP contribution in [0.25, 0.3) is 0 Å². The first-order chi connectivity index (χ1) is 7.34. The van der Waals surface area contributed by atoms with Crippen LogP contribution in [0.1, 0.15) is 0 Å². The smallest absolute Gasteiger partial charge is 0.247 e. The topological polar surface area (TPSA) is 89.3 Å². The van der Waals surface area contributed by atoms with Crippen molar-refractivity contribution in [2.75, 3.05) is 17.3 Å². The number of carbonyl (C=O) groups excluding carboxylic acids is 1. The van der Waals surface area contributed by atoms with Crippen molar-refractivity contribution in [3.05, 3.63) is 30.9 Å². The van der Waals surface area contributed by atoms with E-state index in [-0.39, 0.29) is 10.6 Å². The maximum absolute atomic E-state index is 11.3. The van der Waals surface area contributed by atoms with Gasteiger partial charge in [-0.05, 0) is 24.3 Å². The average Bonchev–Trinajstić information content (AvgIpc) is 2.19. The van der Waals surface area contributed by atoms with Crippen LogP contribution >= 0.6 is 0 Å². The summed E-state index contributed by atoms with van der Waals surface area (Å²) in [5.41, 5.74) is 6.04. The van der Waals surface area contributed by atoms with Gasteiger partial charge in [0.05, 0.1) is 10.6 Å². The van der Waals surface area contributed by atoms with E-state index >= 15 is 0 Å². The van der Waals surface area contributed by atoms with Gasteiger partial charge in [0.25, 0.3) is 0 Å². The lowest BCUT2D eigenvalue weighted by molar-refractivity contribution is -0.111. The molecule has 1 aromatic rings. The molecule has 1 rings (SSSR count). The fraction of sp³-hybridized carbons (Fsp3) is 0.100. The number of nitrogens with two attached hydrogens (primary N) is 1. The van der Waals surface area contributed by atoms with Crippen LogP contribution in [-0.2, 0) is 14.6 Å². The standard InChI is InChI=1S/C10H12N2O3S/c1-3-10(13)12-7-4-5-8(11)9(6-7)16(2,14)15/h3-6H,1,11H2,2H3,(H,12,13). The quantitative estimate of drug-likeness (QED) is 0.604. The Bertz CT molecular complexity index is 535. The molecule has 0 fully saturated rings. The van der Waals surface area contributed by atoms with Crippen molar-refractivity contribution < 1.29 is 13.2 Å². The number of nitrogens with one attached hydrogen (secondary N) is 1. The van der Waals surface area contributed by atoms with Gasteiger partial charge in [-0.2, -0.15) is 0 Å². The van der Waals surface area contributed by atoms with E-state index in [2.05, 4.69) is 11.9 Å². The number of hydrogen-bond acceptors (Lipinski definition) is 4. The maximum atomic E-state index is 11.3. The van der Waals surface area contributed by atoms with Crippen molar-refractivity contribution >= 4 is 27.1 Å². The Morgan fingerprint density at radius 1 is 1.50 bits per heavy atom. The second-order valence-electron chi connectivity index (χ2n) is 3.22. The van der Waals surface area contributed by atoms with E-state index in [1.807, 2.05) is 0 Å². The lowest BCUT2D eigenvalue weighted by Crippen LogP contribution is -2.09. The molecule has 0 saturated carbocycles. The average molecular weight is 240 g/mol. The highest BCUT2D eigenvalue weighted by molar-refractivity contribution is 7.90. The van der Waals surface area contributed by atoms with E-state index in [1.165, 1.54) is 18.2 Å². The first-order valence-electron chi connectivity index (χ1n) is 4.37. The molecule has 1 aromatic carbocycles. The normalized spacial score (nSPS) is 10.8. The zero-order valence-electron chi connectivity index (χ0n) is 8.73. The molecule has 0 aliphatic heterocycles. The summed E-state index contributed by atoms with van der Waals surface area (Å²) in [6.45, 7) is 3.29. The van der Waals surface area contributed by atoms with Crippen molar-refractivity contribution in [1.82, 2.24) is 0 Å². The van der Waals surface area contributed by atoms with Gasteiger partial charge >= 0.3 is 0 Å². The molecule has 0 aliphatic rings. The molecule has 0 spiro atoms. The van der Waals surface area contributed by atoms with E-state index in [0.717, 1.165) is 12.3 Å². The summed E-state index contributed by atoms with van der Waals surface area (Å²) in [4.78, 5) is 11.0. The van der Waals surface area contributed by atoms with Crippen LogP contribution in [0.15, 0.2) is 35.7 Å². The van der Waals surface area contributed by atoms with Crippen LogP contribution in [-0.4, -0.2) is 20.6 Å². The number of benzene rings is 1. The minimum absolute atomic E-state index is 0.00522. The number of rotatable bonds is 3. The van der Waals surface area contributed by atoms with E-state index in [4.69, 9.17) is 5.73 Å². The van der Waals surface area contributed by atoms with Crippen molar-refractivity contribution in [3.63, 3.8) is 0 Å². The number of sulfone groups is 1. The van der Waals surface area contributed by atoms with Crippen molar-refractivity contribution in [1.29, 1.82) is 0 Å². The first-order valence-corrected chi connectivity index (χ1v) is 6.26. The van der Waals surface area contributed by atoms with Gasteiger partial charge in [-0.25, -0.2) is 8.42 Å². The van der Waals surface area contributed by atoms with Gasteiger partial charge in [-0.15, -0.1) is 0 Å². The second kappa shape index (κ2) is 4.36. The lowest BCUT2D eigenvalue weighted by Gasteiger charge is -2.07. The molecule has 6 heteroatoms. The Balaban J connectivity index is 3.18. The van der Waals surface area contributed by atoms with Gasteiger partial charge in [-0.1, -0.05) is 6.58 Å². The minimum atomic E-state index is -3.40. The third-order valence-corrected chi connectivity index (χ3v) is 3.02. The molecule has 5 nitrogen and oxygen atoms in total. The molecule has 0 saturated heterocycles. The summed E-state index contributed by atoms with van der Waals surface area (Å²) >= 11 is 0. The zero-order valence-corrected chi connectivity index (χ0v) is 9.54. The number of hydrogen-bond donors (Lipinski definition) is 2. The summed E-state index contributed by atoms with van der Waals surface area (Å²) < 4.78 is 22.7. The lowest BCUT2D eigenvalue weighted by atomic mass is 10.3. The molecule has 0 atom stereocenters. The van der Waals surface area contributed by atoms with Gasteiger partial charge in [0.15, 0.2) is 9.84 Å². The van der Waals surface area contributed by atoms with E-state index < -0.39 is 15.7 Å². The number of carbonyl (C=O) groups is 1. The molecule has 86 valence electrons. The minimum Gasteiger partial charge on any atom is -0.398 e. The Morgan fingerprint density at radius 2 is 2.12 bits per heavy atom. The predicted octanol–water partition coefficient (Wildman–Crippen LogP) is 0.797. The Hall–Kier alpha value is -1.82. The van der Waals surface area contributed by atoms with Crippen LogP contribution in [0.4, 0.5) is 11.4 Å².